The normalized spacial score (nSPS) is 23.1. The maximum Gasteiger partial charge on any atom is 0.317 e. The van der Waals surface area contributed by atoms with Crippen LogP contribution in [-0.2, 0) is 10.2 Å². The van der Waals surface area contributed by atoms with Gasteiger partial charge >= 0.3 is 6.03 Å². The van der Waals surface area contributed by atoms with Crippen LogP contribution < -0.4 is 10.1 Å². The lowest BCUT2D eigenvalue weighted by Crippen LogP contribution is -2.53. The van der Waals surface area contributed by atoms with Crippen molar-refractivity contribution < 1.29 is 14.3 Å². The highest BCUT2D eigenvalue weighted by molar-refractivity contribution is 5.74. The lowest BCUT2D eigenvalue weighted by Gasteiger charge is -2.36. The first kappa shape index (κ1) is 17.1. The first-order chi connectivity index (χ1) is 11.7. The Bertz CT molecular complexity index is 569. The molecule has 1 aliphatic carbocycles. The van der Waals surface area contributed by atoms with Crippen molar-refractivity contribution in [3.8, 4) is 5.75 Å². The van der Waals surface area contributed by atoms with Crippen molar-refractivity contribution in [2.75, 3.05) is 33.4 Å². The van der Waals surface area contributed by atoms with Crippen LogP contribution in [0.2, 0.25) is 0 Å². The zero-order valence-corrected chi connectivity index (χ0v) is 14.7. The van der Waals surface area contributed by atoms with Gasteiger partial charge in [0.1, 0.15) is 5.75 Å². The number of hydrogen-bond acceptors (Lipinski definition) is 3. The number of carbonyl (C=O) groups is 1. The monoisotopic (exact) mass is 332 g/mol. The third-order valence-electron chi connectivity index (χ3n) is 5.45. The Hall–Kier alpha value is -1.75. The number of morpholine rings is 1. The van der Waals surface area contributed by atoms with Crippen LogP contribution in [0.4, 0.5) is 4.79 Å². The van der Waals surface area contributed by atoms with E-state index in [1.54, 1.807) is 7.11 Å². The summed E-state index contributed by atoms with van der Waals surface area (Å²) in [7, 11) is 1.72. The van der Waals surface area contributed by atoms with Gasteiger partial charge in [-0.25, -0.2) is 4.79 Å². The summed E-state index contributed by atoms with van der Waals surface area (Å²) in [4.78, 5) is 14.5. The van der Waals surface area contributed by atoms with Crippen LogP contribution in [0.1, 0.15) is 38.2 Å². The van der Waals surface area contributed by atoms with Crippen molar-refractivity contribution >= 4 is 6.03 Å². The van der Waals surface area contributed by atoms with E-state index in [0.29, 0.717) is 26.3 Å². The number of benzene rings is 1. The molecule has 1 unspecified atom stereocenters. The average Bonchev–Trinajstić information content (AvgIpc) is 3.10. The second kappa shape index (κ2) is 7.43. The number of nitrogens with zero attached hydrogens (tertiary/aromatic N) is 1. The van der Waals surface area contributed by atoms with Crippen molar-refractivity contribution in [1.82, 2.24) is 10.2 Å². The van der Waals surface area contributed by atoms with Gasteiger partial charge in [0.25, 0.3) is 0 Å². The molecule has 5 nitrogen and oxygen atoms in total. The molecule has 1 saturated carbocycles. The molecule has 1 N–H and O–H groups in total. The minimum absolute atomic E-state index is 0.0161. The van der Waals surface area contributed by atoms with E-state index in [2.05, 4.69) is 17.4 Å². The topological polar surface area (TPSA) is 50.8 Å². The largest absolute Gasteiger partial charge is 0.496 e. The van der Waals surface area contributed by atoms with Gasteiger partial charge in [0.15, 0.2) is 0 Å². The predicted molar refractivity (Wildman–Crippen MR) is 93.5 cm³/mol. The minimum atomic E-state index is -0.0161. The number of urea groups is 1. The summed E-state index contributed by atoms with van der Waals surface area (Å²) in [6.45, 7) is 4.59. The molecular formula is C19H28N2O3. The summed E-state index contributed by atoms with van der Waals surface area (Å²) in [6.07, 6.45) is 4.57. The Morgan fingerprint density at radius 3 is 2.83 bits per heavy atom. The maximum atomic E-state index is 12.6. The molecule has 0 aromatic heterocycles. The van der Waals surface area contributed by atoms with Crippen LogP contribution in [0, 0.1) is 0 Å². The lowest BCUT2D eigenvalue weighted by molar-refractivity contribution is 0.0187. The van der Waals surface area contributed by atoms with Gasteiger partial charge in [-0.1, -0.05) is 31.0 Å². The molecule has 1 atom stereocenters. The average molecular weight is 332 g/mol. The summed E-state index contributed by atoms with van der Waals surface area (Å²) in [6, 6.07) is 8.37. The molecule has 1 aromatic carbocycles. The standard InChI is InChI=1S/C19H28N2O3/c1-15-13-24-12-11-21(15)18(22)20-14-19(9-5-6-10-19)16-7-3-4-8-17(16)23-2/h3-4,7-8,15H,5-6,9-14H2,1-2H3,(H,20,22). The predicted octanol–water partition coefficient (Wildman–Crippen LogP) is 2.94. The number of methoxy groups -OCH3 is 1. The third-order valence-corrected chi connectivity index (χ3v) is 5.45. The zero-order valence-electron chi connectivity index (χ0n) is 14.7. The van der Waals surface area contributed by atoms with Crippen LogP contribution in [0.5, 0.6) is 5.75 Å². The second-order valence-electron chi connectivity index (χ2n) is 6.96. The maximum absolute atomic E-state index is 12.6. The SMILES string of the molecule is COc1ccccc1C1(CNC(=O)N2CCOCC2C)CCCC1. The van der Waals surface area contributed by atoms with Crippen LogP contribution in [-0.4, -0.2) is 50.4 Å². The van der Waals surface area contributed by atoms with Crippen LogP contribution >= 0.6 is 0 Å². The fourth-order valence-electron chi connectivity index (χ4n) is 4.05. The molecule has 2 aliphatic rings. The van der Waals surface area contributed by atoms with Crippen LogP contribution in [0.25, 0.3) is 0 Å². The molecule has 0 spiro atoms. The first-order valence-corrected chi connectivity index (χ1v) is 8.92. The van der Waals surface area contributed by atoms with E-state index < -0.39 is 0 Å². The molecule has 0 bridgehead atoms. The van der Waals surface area contributed by atoms with Gasteiger partial charge in [-0.15, -0.1) is 0 Å². The highest BCUT2D eigenvalue weighted by Crippen LogP contribution is 2.44. The smallest absolute Gasteiger partial charge is 0.317 e. The fraction of sp³-hybridized carbons (Fsp3) is 0.632. The Kier molecular flexibility index (Phi) is 5.29. The first-order valence-electron chi connectivity index (χ1n) is 8.92. The molecule has 132 valence electrons. The van der Waals surface area contributed by atoms with Gasteiger partial charge < -0.3 is 19.7 Å². The molecule has 1 aliphatic heterocycles. The van der Waals surface area contributed by atoms with Crippen molar-refractivity contribution in [1.29, 1.82) is 0 Å². The Morgan fingerprint density at radius 1 is 1.38 bits per heavy atom. The summed E-state index contributed by atoms with van der Waals surface area (Å²) in [5.74, 6) is 0.924. The number of ether oxygens (including phenoxy) is 2. The Labute approximate surface area is 144 Å². The molecule has 5 heteroatoms. The van der Waals surface area contributed by atoms with Gasteiger partial charge in [0.05, 0.1) is 26.4 Å². The van der Waals surface area contributed by atoms with E-state index in [1.165, 1.54) is 18.4 Å². The third kappa shape index (κ3) is 3.36. The molecule has 2 amide bonds. The van der Waals surface area contributed by atoms with Crippen molar-refractivity contribution in [2.45, 2.75) is 44.1 Å². The van der Waals surface area contributed by atoms with E-state index in [0.717, 1.165) is 18.6 Å². The van der Waals surface area contributed by atoms with Crippen LogP contribution in [0.3, 0.4) is 0 Å². The number of carbonyl (C=O) groups excluding carboxylic acids is 1. The molecule has 1 aromatic rings. The number of nitrogens with one attached hydrogen (secondary N) is 1. The molecule has 3 rings (SSSR count). The number of para-hydroxylation sites is 1. The molecule has 1 heterocycles. The van der Waals surface area contributed by atoms with Crippen LogP contribution in [0.15, 0.2) is 24.3 Å². The molecule has 24 heavy (non-hydrogen) atoms. The van der Waals surface area contributed by atoms with E-state index in [9.17, 15) is 4.79 Å². The molecular weight excluding hydrogens is 304 g/mol. The van der Waals surface area contributed by atoms with E-state index in [4.69, 9.17) is 9.47 Å². The quantitative estimate of drug-likeness (QED) is 0.922. The Morgan fingerprint density at radius 2 is 2.12 bits per heavy atom. The lowest BCUT2D eigenvalue weighted by atomic mass is 9.78. The number of amides is 2. The highest BCUT2D eigenvalue weighted by atomic mass is 16.5. The van der Waals surface area contributed by atoms with Crippen molar-refractivity contribution in [3.63, 3.8) is 0 Å². The molecule has 2 fully saturated rings. The van der Waals surface area contributed by atoms with E-state index >= 15 is 0 Å². The van der Waals surface area contributed by atoms with Gasteiger partial charge in [-0.2, -0.15) is 0 Å². The van der Waals surface area contributed by atoms with E-state index in [-0.39, 0.29) is 17.5 Å². The summed E-state index contributed by atoms with van der Waals surface area (Å²) < 4.78 is 11.0. The van der Waals surface area contributed by atoms with E-state index in [1.807, 2.05) is 24.0 Å². The van der Waals surface area contributed by atoms with Gasteiger partial charge in [0, 0.05) is 24.1 Å². The summed E-state index contributed by atoms with van der Waals surface area (Å²) in [5, 5.41) is 3.19. The molecule has 1 saturated heterocycles. The summed E-state index contributed by atoms with van der Waals surface area (Å²) >= 11 is 0. The van der Waals surface area contributed by atoms with Gasteiger partial charge in [-0.05, 0) is 25.8 Å². The minimum Gasteiger partial charge on any atom is -0.496 e. The second-order valence-corrected chi connectivity index (χ2v) is 6.96. The number of rotatable bonds is 4. The Balaban J connectivity index is 1.73. The highest BCUT2D eigenvalue weighted by Gasteiger charge is 2.38. The molecule has 0 radical (unpaired) electrons. The zero-order chi connectivity index (χ0) is 17.0. The van der Waals surface area contributed by atoms with Gasteiger partial charge in [0.2, 0.25) is 0 Å². The summed E-state index contributed by atoms with van der Waals surface area (Å²) in [5.41, 5.74) is 1.21. The van der Waals surface area contributed by atoms with Crippen molar-refractivity contribution in [3.05, 3.63) is 29.8 Å². The fourth-order valence-corrected chi connectivity index (χ4v) is 4.05. The number of hydrogen-bond donors (Lipinski definition) is 1. The van der Waals surface area contributed by atoms with Gasteiger partial charge in [-0.3, -0.25) is 0 Å². The van der Waals surface area contributed by atoms with Crippen molar-refractivity contribution in [2.24, 2.45) is 0 Å².